The number of hydrogen-bond acceptors (Lipinski definition) is 4. The number of rotatable bonds is 2. The molecule has 1 atom stereocenters. The van der Waals surface area contributed by atoms with E-state index in [1.165, 1.54) is 37.0 Å². The standard InChI is InChI=1S/C17H22N2OS/c1-2-6-15-13(5-1)9-14(20-15)10-18-16-19-11-17(12-21-16)7-3-4-8-17/h1-2,5-6,14H,3-4,7-12H2,(H,18,19). The molecule has 0 saturated heterocycles. The van der Waals surface area contributed by atoms with Crippen LogP contribution in [0, 0.1) is 5.41 Å². The quantitative estimate of drug-likeness (QED) is 0.910. The lowest BCUT2D eigenvalue weighted by molar-refractivity contribution is 0.235. The van der Waals surface area contributed by atoms with Gasteiger partial charge in [0.1, 0.15) is 11.9 Å². The summed E-state index contributed by atoms with van der Waals surface area (Å²) in [4.78, 5) is 4.79. The van der Waals surface area contributed by atoms with Crippen LogP contribution in [0.25, 0.3) is 0 Å². The Balaban J connectivity index is 1.30. The number of hydrogen-bond donors (Lipinski definition) is 1. The first-order valence-electron chi connectivity index (χ1n) is 7.99. The second-order valence-electron chi connectivity index (χ2n) is 6.55. The zero-order valence-corrected chi connectivity index (χ0v) is 13.1. The highest BCUT2D eigenvalue weighted by Crippen LogP contribution is 2.43. The predicted molar refractivity (Wildman–Crippen MR) is 88.2 cm³/mol. The van der Waals surface area contributed by atoms with E-state index in [2.05, 4.69) is 23.5 Å². The largest absolute Gasteiger partial charge is 0.488 e. The molecule has 1 saturated carbocycles. The van der Waals surface area contributed by atoms with Crippen molar-refractivity contribution >= 4 is 16.9 Å². The molecule has 0 radical (unpaired) electrons. The van der Waals surface area contributed by atoms with Crippen molar-refractivity contribution in [3.8, 4) is 5.75 Å². The zero-order valence-electron chi connectivity index (χ0n) is 12.3. The molecule has 2 heterocycles. The molecule has 1 unspecified atom stereocenters. The van der Waals surface area contributed by atoms with E-state index in [4.69, 9.17) is 9.73 Å². The molecule has 3 aliphatic rings. The third-order valence-corrected chi connectivity index (χ3v) is 6.24. The summed E-state index contributed by atoms with van der Waals surface area (Å²) >= 11 is 1.91. The molecule has 1 aliphatic carbocycles. The average Bonchev–Trinajstić information content (AvgIpc) is 3.13. The molecule has 0 aromatic heterocycles. The van der Waals surface area contributed by atoms with Crippen LogP contribution in [-0.2, 0) is 6.42 Å². The van der Waals surface area contributed by atoms with Gasteiger partial charge in [0.05, 0.1) is 6.54 Å². The van der Waals surface area contributed by atoms with E-state index in [-0.39, 0.29) is 6.10 Å². The monoisotopic (exact) mass is 302 g/mol. The summed E-state index contributed by atoms with van der Waals surface area (Å²) in [5.41, 5.74) is 1.85. The van der Waals surface area contributed by atoms with Crippen LogP contribution in [0.15, 0.2) is 29.3 Å². The first kappa shape index (κ1) is 13.5. The number of nitrogens with one attached hydrogen (secondary N) is 1. The van der Waals surface area contributed by atoms with Crippen molar-refractivity contribution in [2.75, 3.05) is 18.8 Å². The molecule has 21 heavy (non-hydrogen) atoms. The molecular formula is C17H22N2OS. The van der Waals surface area contributed by atoms with Crippen LogP contribution < -0.4 is 10.1 Å². The van der Waals surface area contributed by atoms with E-state index in [9.17, 15) is 0 Å². The van der Waals surface area contributed by atoms with Crippen molar-refractivity contribution in [3.05, 3.63) is 29.8 Å². The van der Waals surface area contributed by atoms with Crippen molar-refractivity contribution in [3.63, 3.8) is 0 Å². The molecule has 0 bridgehead atoms. The smallest absolute Gasteiger partial charge is 0.156 e. The van der Waals surface area contributed by atoms with Crippen molar-refractivity contribution in [2.45, 2.75) is 38.2 Å². The molecule has 1 fully saturated rings. The SMILES string of the molecule is c1ccc2c(c1)CC(CNC1=NCC3(CCCC3)CS1)O2. The number of thioether (sulfide) groups is 1. The van der Waals surface area contributed by atoms with Crippen LogP contribution in [0.3, 0.4) is 0 Å². The maximum absolute atomic E-state index is 5.96. The summed E-state index contributed by atoms with van der Waals surface area (Å²) < 4.78 is 5.96. The Labute approximate surface area is 130 Å². The van der Waals surface area contributed by atoms with Crippen molar-refractivity contribution < 1.29 is 4.74 Å². The summed E-state index contributed by atoms with van der Waals surface area (Å²) in [5, 5.41) is 4.61. The fourth-order valence-corrected chi connectivity index (χ4v) is 4.82. The van der Waals surface area contributed by atoms with E-state index in [1.807, 2.05) is 17.8 Å². The Bertz CT molecular complexity index is 526. The Kier molecular flexibility index (Phi) is 3.57. The molecule has 1 aromatic carbocycles. The minimum atomic E-state index is 0.244. The third kappa shape index (κ3) is 2.78. The normalized spacial score (nSPS) is 26.3. The van der Waals surface area contributed by atoms with E-state index < -0.39 is 0 Å². The average molecular weight is 302 g/mol. The Morgan fingerprint density at radius 1 is 1.29 bits per heavy atom. The highest BCUT2D eigenvalue weighted by atomic mass is 32.2. The van der Waals surface area contributed by atoms with Crippen molar-refractivity contribution in [1.29, 1.82) is 0 Å². The van der Waals surface area contributed by atoms with Crippen LogP contribution in [-0.4, -0.2) is 30.1 Å². The van der Waals surface area contributed by atoms with Crippen LogP contribution >= 0.6 is 11.8 Å². The van der Waals surface area contributed by atoms with Crippen LogP contribution in [0.2, 0.25) is 0 Å². The molecule has 1 N–H and O–H groups in total. The molecule has 112 valence electrons. The summed E-state index contributed by atoms with van der Waals surface area (Å²) in [6.45, 7) is 1.88. The highest BCUT2D eigenvalue weighted by molar-refractivity contribution is 8.13. The maximum Gasteiger partial charge on any atom is 0.156 e. The molecule has 1 spiro atoms. The minimum absolute atomic E-state index is 0.244. The second kappa shape index (κ2) is 5.56. The maximum atomic E-state index is 5.96. The van der Waals surface area contributed by atoms with Gasteiger partial charge in [-0.05, 0) is 29.9 Å². The molecule has 4 heteroatoms. The Morgan fingerprint density at radius 2 is 2.14 bits per heavy atom. The molecule has 3 nitrogen and oxygen atoms in total. The fraction of sp³-hybridized carbons (Fsp3) is 0.588. The van der Waals surface area contributed by atoms with Gasteiger partial charge >= 0.3 is 0 Å². The first-order chi connectivity index (χ1) is 10.3. The fourth-order valence-electron chi connectivity index (χ4n) is 3.66. The lowest BCUT2D eigenvalue weighted by atomic mass is 9.89. The van der Waals surface area contributed by atoms with Crippen LogP contribution in [0.1, 0.15) is 31.2 Å². The van der Waals surface area contributed by atoms with E-state index in [0.717, 1.165) is 30.4 Å². The lowest BCUT2D eigenvalue weighted by Gasteiger charge is -2.31. The Hall–Kier alpha value is -1.16. The predicted octanol–water partition coefficient (Wildman–Crippen LogP) is 3.24. The number of fused-ring (bicyclic) bond motifs is 1. The number of aliphatic imine (C=N–C) groups is 1. The van der Waals surface area contributed by atoms with E-state index in [1.54, 1.807) is 0 Å². The molecule has 4 rings (SSSR count). The van der Waals surface area contributed by atoms with Gasteiger partial charge in [-0.1, -0.05) is 42.8 Å². The first-order valence-corrected chi connectivity index (χ1v) is 8.97. The topological polar surface area (TPSA) is 33.6 Å². The molecule has 1 aromatic rings. The number of ether oxygens (including phenoxy) is 1. The second-order valence-corrected chi connectivity index (χ2v) is 7.51. The third-order valence-electron chi connectivity index (χ3n) is 4.93. The van der Waals surface area contributed by atoms with E-state index in [0.29, 0.717) is 5.41 Å². The van der Waals surface area contributed by atoms with Crippen LogP contribution in [0.4, 0.5) is 0 Å². The van der Waals surface area contributed by atoms with Gasteiger partial charge in [-0.15, -0.1) is 0 Å². The summed E-state index contributed by atoms with van der Waals surface area (Å²) in [6, 6.07) is 8.34. The molecule has 2 aliphatic heterocycles. The molecular weight excluding hydrogens is 280 g/mol. The number of nitrogens with zero attached hydrogens (tertiary/aromatic N) is 1. The summed E-state index contributed by atoms with van der Waals surface area (Å²) in [5.74, 6) is 2.29. The van der Waals surface area contributed by atoms with Gasteiger partial charge in [0.15, 0.2) is 5.17 Å². The Morgan fingerprint density at radius 3 is 2.90 bits per heavy atom. The minimum Gasteiger partial charge on any atom is -0.488 e. The van der Waals surface area contributed by atoms with Gasteiger partial charge in [0.25, 0.3) is 0 Å². The van der Waals surface area contributed by atoms with Crippen molar-refractivity contribution in [2.24, 2.45) is 10.4 Å². The number of benzene rings is 1. The van der Waals surface area contributed by atoms with Gasteiger partial charge in [-0.25, -0.2) is 0 Å². The van der Waals surface area contributed by atoms with Gasteiger partial charge < -0.3 is 10.1 Å². The van der Waals surface area contributed by atoms with Gasteiger partial charge in [-0.3, -0.25) is 4.99 Å². The number of amidine groups is 1. The van der Waals surface area contributed by atoms with Crippen molar-refractivity contribution in [1.82, 2.24) is 5.32 Å². The van der Waals surface area contributed by atoms with Gasteiger partial charge in [0.2, 0.25) is 0 Å². The van der Waals surface area contributed by atoms with E-state index >= 15 is 0 Å². The van der Waals surface area contributed by atoms with Gasteiger partial charge in [-0.2, -0.15) is 0 Å². The van der Waals surface area contributed by atoms with Gasteiger partial charge in [0, 0.05) is 18.7 Å². The lowest BCUT2D eigenvalue weighted by Crippen LogP contribution is -2.37. The zero-order chi connectivity index (χ0) is 14.1. The summed E-state index contributed by atoms with van der Waals surface area (Å²) in [6.07, 6.45) is 6.79. The molecule has 0 amide bonds. The highest BCUT2D eigenvalue weighted by Gasteiger charge is 2.36. The summed E-state index contributed by atoms with van der Waals surface area (Å²) in [7, 11) is 0. The number of para-hydroxylation sites is 1. The van der Waals surface area contributed by atoms with Crippen LogP contribution in [0.5, 0.6) is 5.75 Å².